The molecule has 2 aromatic carbocycles. The molecule has 0 spiro atoms. The normalized spacial score (nSPS) is 13.3. The third-order valence-electron chi connectivity index (χ3n) is 5.31. The molecule has 0 fully saturated rings. The van der Waals surface area contributed by atoms with Crippen LogP contribution in [0.5, 0.6) is 0 Å². The first-order valence-electron chi connectivity index (χ1n) is 9.79. The summed E-state index contributed by atoms with van der Waals surface area (Å²) in [6.45, 7) is 6.15. The Bertz CT molecular complexity index is 962. The van der Waals surface area contributed by atoms with Crippen LogP contribution in [-0.2, 0) is 13.0 Å². The molecule has 28 heavy (non-hydrogen) atoms. The van der Waals surface area contributed by atoms with E-state index in [1.165, 1.54) is 16.7 Å². The summed E-state index contributed by atoms with van der Waals surface area (Å²) in [5, 5.41) is 2.92. The Morgan fingerprint density at radius 1 is 1.00 bits per heavy atom. The minimum atomic E-state index is -0.187. The van der Waals surface area contributed by atoms with Crippen LogP contribution in [0, 0.1) is 0 Å². The van der Waals surface area contributed by atoms with Crippen LogP contribution in [0.4, 0.5) is 11.4 Å². The molecule has 4 heteroatoms. The number of aromatic nitrogens is 1. The fourth-order valence-corrected chi connectivity index (χ4v) is 3.57. The molecule has 1 N–H and O–H groups in total. The van der Waals surface area contributed by atoms with Crippen molar-refractivity contribution >= 4 is 17.3 Å². The lowest BCUT2D eigenvalue weighted by atomic mass is 10.00. The first-order chi connectivity index (χ1) is 13.6. The SMILES string of the molecule is CC(C)c1ccc(NC(=O)c2ccc(N3CCc4ccccc4C3)cn2)cc1. The van der Waals surface area contributed by atoms with E-state index in [9.17, 15) is 4.79 Å². The number of pyridine rings is 1. The van der Waals surface area contributed by atoms with Gasteiger partial charge in [-0.3, -0.25) is 4.79 Å². The van der Waals surface area contributed by atoms with Crippen molar-refractivity contribution in [2.45, 2.75) is 32.7 Å². The summed E-state index contributed by atoms with van der Waals surface area (Å²) in [5.74, 6) is 0.286. The van der Waals surface area contributed by atoms with E-state index in [-0.39, 0.29) is 5.91 Å². The molecular formula is C24H25N3O. The van der Waals surface area contributed by atoms with E-state index in [1.807, 2.05) is 30.3 Å². The molecule has 1 aliphatic rings. The average molecular weight is 371 g/mol. The van der Waals surface area contributed by atoms with Crippen molar-refractivity contribution in [1.82, 2.24) is 4.98 Å². The summed E-state index contributed by atoms with van der Waals surface area (Å²) in [6.07, 6.45) is 2.83. The smallest absolute Gasteiger partial charge is 0.274 e. The Labute approximate surface area is 166 Å². The van der Waals surface area contributed by atoms with Crippen LogP contribution in [0.1, 0.15) is 46.9 Å². The molecule has 0 aliphatic carbocycles. The van der Waals surface area contributed by atoms with Crippen molar-refractivity contribution < 1.29 is 4.79 Å². The number of nitrogens with zero attached hydrogens (tertiary/aromatic N) is 2. The predicted octanol–water partition coefficient (Wildman–Crippen LogP) is 5.02. The molecule has 142 valence electrons. The minimum Gasteiger partial charge on any atom is -0.366 e. The van der Waals surface area contributed by atoms with Crippen molar-refractivity contribution in [3.8, 4) is 0 Å². The van der Waals surface area contributed by atoms with E-state index in [2.05, 4.69) is 53.3 Å². The molecule has 1 amide bonds. The van der Waals surface area contributed by atoms with Crippen LogP contribution in [0.3, 0.4) is 0 Å². The number of hydrogen-bond acceptors (Lipinski definition) is 3. The monoisotopic (exact) mass is 371 g/mol. The van der Waals surface area contributed by atoms with Gasteiger partial charge in [0.2, 0.25) is 0 Å². The lowest BCUT2D eigenvalue weighted by Crippen LogP contribution is -2.30. The number of fused-ring (bicyclic) bond motifs is 1. The van der Waals surface area contributed by atoms with E-state index in [0.717, 1.165) is 30.9 Å². The molecule has 0 atom stereocenters. The van der Waals surface area contributed by atoms with Gasteiger partial charge in [-0.15, -0.1) is 0 Å². The second kappa shape index (κ2) is 7.85. The number of benzene rings is 2. The summed E-state index contributed by atoms with van der Waals surface area (Å²) in [6, 6.07) is 20.3. The average Bonchev–Trinajstić information content (AvgIpc) is 2.74. The van der Waals surface area contributed by atoms with Crippen LogP contribution >= 0.6 is 0 Å². The summed E-state index contributed by atoms with van der Waals surface area (Å²) in [7, 11) is 0. The molecule has 0 unspecified atom stereocenters. The van der Waals surface area contributed by atoms with Crippen LogP contribution in [0.2, 0.25) is 0 Å². The Kier molecular flexibility index (Phi) is 5.11. The van der Waals surface area contributed by atoms with E-state index in [1.54, 1.807) is 12.3 Å². The topological polar surface area (TPSA) is 45.2 Å². The third-order valence-corrected chi connectivity index (χ3v) is 5.31. The highest BCUT2D eigenvalue weighted by Crippen LogP contribution is 2.24. The van der Waals surface area contributed by atoms with E-state index in [0.29, 0.717) is 11.6 Å². The molecule has 1 aliphatic heterocycles. The maximum absolute atomic E-state index is 12.5. The van der Waals surface area contributed by atoms with Gasteiger partial charge in [-0.05, 0) is 53.3 Å². The molecule has 3 aromatic rings. The van der Waals surface area contributed by atoms with Crippen molar-refractivity contribution in [2.24, 2.45) is 0 Å². The van der Waals surface area contributed by atoms with Crippen molar-refractivity contribution in [1.29, 1.82) is 0 Å². The van der Waals surface area contributed by atoms with Gasteiger partial charge >= 0.3 is 0 Å². The molecule has 0 radical (unpaired) electrons. The van der Waals surface area contributed by atoms with Gasteiger partial charge in [0.25, 0.3) is 5.91 Å². The molecule has 4 nitrogen and oxygen atoms in total. The molecular weight excluding hydrogens is 346 g/mol. The van der Waals surface area contributed by atoms with Crippen LogP contribution in [0.15, 0.2) is 66.9 Å². The highest BCUT2D eigenvalue weighted by molar-refractivity contribution is 6.02. The first-order valence-corrected chi connectivity index (χ1v) is 9.79. The Morgan fingerprint density at radius 3 is 2.43 bits per heavy atom. The Hall–Kier alpha value is -3.14. The molecule has 4 rings (SSSR count). The van der Waals surface area contributed by atoms with Gasteiger partial charge in [-0.1, -0.05) is 50.2 Å². The number of anilines is 2. The van der Waals surface area contributed by atoms with Gasteiger partial charge in [0.1, 0.15) is 5.69 Å². The van der Waals surface area contributed by atoms with Gasteiger partial charge in [0, 0.05) is 18.8 Å². The number of carbonyl (C=O) groups is 1. The molecule has 0 saturated heterocycles. The maximum Gasteiger partial charge on any atom is 0.274 e. The van der Waals surface area contributed by atoms with Crippen LogP contribution in [0.25, 0.3) is 0 Å². The summed E-state index contributed by atoms with van der Waals surface area (Å²) in [4.78, 5) is 19.2. The van der Waals surface area contributed by atoms with E-state index >= 15 is 0 Å². The predicted molar refractivity (Wildman–Crippen MR) is 114 cm³/mol. The van der Waals surface area contributed by atoms with Gasteiger partial charge in [-0.2, -0.15) is 0 Å². The number of carbonyl (C=O) groups excluding carboxylic acids is 1. The molecule has 2 heterocycles. The van der Waals surface area contributed by atoms with Gasteiger partial charge < -0.3 is 10.2 Å². The van der Waals surface area contributed by atoms with Gasteiger partial charge in [0.15, 0.2) is 0 Å². The summed E-state index contributed by atoms with van der Waals surface area (Å²) in [5.41, 5.74) is 6.30. The molecule has 1 aromatic heterocycles. The quantitative estimate of drug-likeness (QED) is 0.700. The van der Waals surface area contributed by atoms with E-state index < -0.39 is 0 Å². The Balaban J connectivity index is 1.42. The fourth-order valence-electron chi connectivity index (χ4n) is 3.57. The van der Waals surface area contributed by atoms with Gasteiger partial charge in [-0.25, -0.2) is 4.98 Å². The van der Waals surface area contributed by atoms with Crippen molar-refractivity contribution in [2.75, 3.05) is 16.8 Å². The standard InChI is InChI=1S/C24H25N3O/c1-17(2)18-7-9-21(10-8-18)26-24(28)23-12-11-22(15-25-23)27-14-13-19-5-3-4-6-20(19)16-27/h3-12,15,17H,13-14,16H2,1-2H3,(H,26,28). The van der Waals surface area contributed by atoms with Crippen LogP contribution in [-0.4, -0.2) is 17.4 Å². The number of amides is 1. The van der Waals surface area contributed by atoms with E-state index in [4.69, 9.17) is 0 Å². The van der Waals surface area contributed by atoms with Gasteiger partial charge in [0.05, 0.1) is 11.9 Å². The fraction of sp³-hybridized carbons (Fsp3) is 0.250. The molecule has 0 saturated carbocycles. The zero-order valence-corrected chi connectivity index (χ0v) is 16.4. The number of rotatable bonds is 4. The number of nitrogens with one attached hydrogen (secondary N) is 1. The van der Waals surface area contributed by atoms with Crippen molar-refractivity contribution in [3.05, 3.63) is 89.2 Å². The maximum atomic E-state index is 12.5. The third kappa shape index (κ3) is 3.91. The number of hydrogen-bond donors (Lipinski definition) is 1. The Morgan fingerprint density at radius 2 is 1.75 bits per heavy atom. The second-order valence-corrected chi connectivity index (χ2v) is 7.57. The summed E-state index contributed by atoms with van der Waals surface area (Å²) >= 11 is 0. The zero-order chi connectivity index (χ0) is 19.5. The summed E-state index contributed by atoms with van der Waals surface area (Å²) < 4.78 is 0. The lowest BCUT2D eigenvalue weighted by Gasteiger charge is -2.30. The largest absolute Gasteiger partial charge is 0.366 e. The highest BCUT2D eigenvalue weighted by atomic mass is 16.1. The lowest BCUT2D eigenvalue weighted by molar-refractivity contribution is 0.102. The molecule has 0 bridgehead atoms. The minimum absolute atomic E-state index is 0.187. The highest BCUT2D eigenvalue weighted by Gasteiger charge is 2.17. The zero-order valence-electron chi connectivity index (χ0n) is 16.4. The first kappa shape index (κ1) is 18.2. The van der Waals surface area contributed by atoms with Crippen molar-refractivity contribution in [3.63, 3.8) is 0 Å². The second-order valence-electron chi connectivity index (χ2n) is 7.57. The van der Waals surface area contributed by atoms with Crippen LogP contribution < -0.4 is 10.2 Å².